The lowest BCUT2D eigenvalue weighted by molar-refractivity contribution is -0.142. The number of imide groups is 1. The van der Waals surface area contributed by atoms with Gasteiger partial charge in [0.25, 0.3) is 5.88 Å². The minimum Gasteiger partial charge on any atom is -0.507 e. The van der Waals surface area contributed by atoms with Crippen molar-refractivity contribution in [3.63, 3.8) is 0 Å². The Labute approximate surface area is 353 Å². The normalized spacial score (nSPS) is 20.9. The van der Waals surface area contributed by atoms with Crippen molar-refractivity contribution in [1.29, 1.82) is 0 Å². The maximum atomic E-state index is 15.1. The number of anilines is 1. The molecule has 2 N–H and O–H groups in total. The molecule has 0 aliphatic heterocycles. The lowest BCUT2D eigenvalue weighted by atomic mass is 9.57. The van der Waals surface area contributed by atoms with Crippen LogP contribution in [0.2, 0.25) is 0 Å². The third-order valence-electron chi connectivity index (χ3n) is 10.9. The van der Waals surface area contributed by atoms with Crippen LogP contribution in [-0.2, 0) is 33.9 Å². The molecule has 3 aromatic carbocycles. The average Bonchev–Trinajstić information content (AvgIpc) is 3.60. The van der Waals surface area contributed by atoms with Crippen LogP contribution in [0.1, 0.15) is 92.4 Å². The first-order valence-electron chi connectivity index (χ1n) is 20.0. The summed E-state index contributed by atoms with van der Waals surface area (Å²) >= 11 is 0. The highest BCUT2D eigenvalue weighted by molar-refractivity contribution is 6.26. The number of benzene rings is 3. The number of aliphatic hydroxyl groups is 2. The first-order valence-corrected chi connectivity index (χ1v) is 20.0. The lowest BCUT2D eigenvalue weighted by Crippen LogP contribution is -2.63. The molecule has 0 saturated heterocycles. The summed E-state index contributed by atoms with van der Waals surface area (Å²) in [5.41, 5.74) is -3.62. The van der Waals surface area contributed by atoms with Gasteiger partial charge in [-0.05, 0) is 90.7 Å². The van der Waals surface area contributed by atoms with Crippen molar-refractivity contribution in [2.45, 2.75) is 90.4 Å². The Hall–Kier alpha value is -6.19. The van der Waals surface area contributed by atoms with E-state index in [1.165, 1.54) is 13.2 Å². The molecule has 2 amide bonds. The largest absolute Gasteiger partial charge is 0.507 e. The first-order chi connectivity index (χ1) is 28.7. The zero-order valence-corrected chi connectivity index (χ0v) is 35.7. The number of hydrogen-bond acceptors (Lipinski definition) is 14. The van der Waals surface area contributed by atoms with Gasteiger partial charge in [0.05, 0.1) is 18.7 Å². The second-order valence-corrected chi connectivity index (χ2v) is 17.7. The van der Waals surface area contributed by atoms with E-state index in [0.29, 0.717) is 16.0 Å². The Bertz CT molecular complexity index is 2370. The highest BCUT2D eigenvalue weighted by Crippen LogP contribution is 2.58. The zero-order chi connectivity index (χ0) is 44.2. The van der Waals surface area contributed by atoms with Crippen molar-refractivity contribution in [3.05, 3.63) is 106 Å². The van der Waals surface area contributed by atoms with Crippen LogP contribution in [-0.4, -0.2) is 82.0 Å². The van der Waals surface area contributed by atoms with Crippen molar-refractivity contribution >= 4 is 35.2 Å². The summed E-state index contributed by atoms with van der Waals surface area (Å²) in [5, 5.41) is 29.3. The second kappa shape index (κ2) is 16.0. The molecular weight excluding hydrogens is 787 g/mol. The van der Waals surface area contributed by atoms with E-state index in [1.807, 2.05) is 36.4 Å². The van der Waals surface area contributed by atoms with Crippen LogP contribution in [0, 0.1) is 11.8 Å². The Kier molecular flexibility index (Phi) is 11.3. The quantitative estimate of drug-likeness (QED) is 0.156. The number of rotatable bonds is 9. The van der Waals surface area contributed by atoms with Crippen molar-refractivity contribution in [3.8, 4) is 17.4 Å². The number of ketones is 2. The molecule has 0 radical (unpaired) electrons. The molecule has 0 bridgehead atoms. The minimum atomic E-state index is -2.69. The molecule has 61 heavy (non-hydrogen) atoms. The number of methoxy groups -OCH3 is 1. The second-order valence-electron chi connectivity index (χ2n) is 17.7. The maximum Gasteiger partial charge on any atom is 0.424 e. The van der Waals surface area contributed by atoms with Gasteiger partial charge in [0.1, 0.15) is 47.2 Å². The van der Waals surface area contributed by atoms with E-state index < -0.39 is 64.2 Å². The predicted octanol–water partition coefficient (Wildman–Crippen LogP) is 7.78. The van der Waals surface area contributed by atoms with Gasteiger partial charge in [0.15, 0.2) is 17.1 Å². The Balaban J connectivity index is 1.41. The van der Waals surface area contributed by atoms with Crippen LogP contribution in [0.4, 0.5) is 15.3 Å². The molecule has 15 nitrogen and oxygen atoms in total. The van der Waals surface area contributed by atoms with Crippen LogP contribution in [0.25, 0.3) is 5.76 Å². The molecule has 1 heterocycles. The summed E-state index contributed by atoms with van der Waals surface area (Å²) in [7, 11) is 4.87. The molecule has 3 aliphatic carbocycles. The van der Waals surface area contributed by atoms with Crippen molar-refractivity contribution in [2.75, 3.05) is 26.1 Å². The molecule has 15 heteroatoms. The number of nitrogens with zero attached hydrogens (tertiary/aromatic N) is 3. The van der Waals surface area contributed by atoms with Gasteiger partial charge in [-0.15, -0.1) is 0 Å². The summed E-state index contributed by atoms with van der Waals surface area (Å²) in [6, 6.07) is 18.8. The van der Waals surface area contributed by atoms with E-state index >= 15 is 4.79 Å². The number of ether oxygens (including phenoxy) is 5. The van der Waals surface area contributed by atoms with Gasteiger partial charge >= 0.3 is 12.2 Å². The number of aliphatic hydroxyl groups excluding tert-OH is 1. The van der Waals surface area contributed by atoms with Crippen LogP contribution in [0.5, 0.6) is 17.4 Å². The molecule has 322 valence electrons. The lowest BCUT2D eigenvalue weighted by Gasteiger charge is -2.49. The van der Waals surface area contributed by atoms with E-state index in [0.717, 1.165) is 5.56 Å². The van der Waals surface area contributed by atoms with Crippen LogP contribution >= 0.6 is 0 Å². The fraction of sp³-hybridized carbons (Fsp3) is 0.413. The molecule has 3 aliphatic rings. The van der Waals surface area contributed by atoms with Crippen LogP contribution < -0.4 is 19.1 Å². The zero-order valence-electron chi connectivity index (χ0n) is 35.7. The molecule has 1 fully saturated rings. The van der Waals surface area contributed by atoms with Gasteiger partial charge in [0, 0.05) is 23.1 Å². The summed E-state index contributed by atoms with van der Waals surface area (Å²) in [6.07, 6.45) is -2.11. The van der Waals surface area contributed by atoms with E-state index in [-0.39, 0.29) is 71.6 Å². The third-order valence-corrected chi connectivity index (χ3v) is 10.9. The van der Waals surface area contributed by atoms with Crippen molar-refractivity contribution in [2.24, 2.45) is 11.8 Å². The molecule has 1 saturated carbocycles. The monoisotopic (exact) mass is 837 g/mol. The third kappa shape index (κ3) is 7.95. The molecular formula is C46H51N3O12. The SMILES string of the molecule is COc1cc(N(C(=O)OC(C)(C)C)C(=O)OC(C)(C)C)c(OCc2ccccc2)c2c1C[C@H]1C[C@H]3[C@H](N(C)C)c4onc(OCc5ccccc5)c4C(=O)[C@@]3(O)C(=O)C1=C2O. The summed E-state index contributed by atoms with van der Waals surface area (Å²) < 4.78 is 35.5. The number of carbonyl (C=O) groups excluding carboxylic acids is 4. The molecule has 7 rings (SSSR count). The van der Waals surface area contributed by atoms with E-state index in [4.69, 9.17) is 28.2 Å². The average molecular weight is 838 g/mol. The summed E-state index contributed by atoms with van der Waals surface area (Å²) in [6.45, 7) is 9.73. The van der Waals surface area contributed by atoms with Gasteiger partial charge in [-0.3, -0.25) is 14.5 Å². The van der Waals surface area contributed by atoms with E-state index in [1.54, 1.807) is 84.8 Å². The highest BCUT2D eigenvalue weighted by atomic mass is 16.6. The highest BCUT2D eigenvalue weighted by Gasteiger charge is 2.65. The van der Waals surface area contributed by atoms with E-state index in [2.05, 4.69) is 5.16 Å². The Morgan fingerprint density at radius 2 is 1.41 bits per heavy atom. The fourth-order valence-electron chi connectivity index (χ4n) is 8.37. The Morgan fingerprint density at radius 1 is 0.852 bits per heavy atom. The number of Topliss-reactive ketones (excluding diaryl/α,β-unsaturated/α-hetero) is 2. The first kappa shape index (κ1) is 42.9. The van der Waals surface area contributed by atoms with Gasteiger partial charge in [-0.2, -0.15) is 4.90 Å². The van der Waals surface area contributed by atoms with Gasteiger partial charge in [-0.1, -0.05) is 60.7 Å². The predicted molar refractivity (Wildman–Crippen MR) is 222 cm³/mol. The standard InChI is InChI=1S/C46H51N3O12/c1-44(2,3)59-42(53)49(43(54)60-45(4,5)6)30-22-31(56-9)28-20-27-21-29-35(48(7)8)38-34(41(47-61-38)58-24-26-18-14-11-15-19-26)40(52)46(29,55)39(51)32(27)36(50)33(28)37(30)57-23-25-16-12-10-13-17-25/h10-19,22,27,29,35,50,55H,20-21,23-24H2,1-9H3/t27-,29-,35-,46-/m0/s1. The smallest absolute Gasteiger partial charge is 0.424 e. The Morgan fingerprint density at radius 3 is 1.93 bits per heavy atom. The number of aromatic nitrogens is 1. The number of fused-ring (bicyclic) bond motifs is 4. The number of amides is 2. The maximum absolute atomic E-state index is 15.1. The molecule has 0 spiro atoms. The van der Waals surface area contributed by atoms with E-state index in [9.17, 15) is 24.6 Å². The van der Waals surface area contributed by atoms with Gasteiger partial charge < -0.3 is 38.4 Å². The minimum absolute atomic E-state index is 0.0276. The van der Waals surface area contributed by atoms with Crippen molar-refractivity contribution < 1.29 is 57.6 Å². The number of carbonyl (C=O) groups is 4. The van der Waals surface area contributed by atoms with Gasteiger partial charge in [-0.25, -0.2) is 9.59 Å². The summed E-state index contributed by atoms with van der Waals surface area (Å²) in [5.74, 6) is -4.46. The molecule has 1 aromatic heterocycles. The molecule has 4 atom stereocenters. The number of hydrogen-bond donors (Lipinski definition) is 2. The molecule has 4 aromatic rings. The fourth-order valence-corrected chi connectivity index (χ4v) is 8.37. The molecule has 0 unspecified atom stereocenters. The topological polar surface area (TPSA) is 187 Å². The van der Waals surface area contributed by atoms with Crippen molar-refractivity contribution in [1.82, 2.24) is 10.1 Å². The van der Waals surface area contributed by atoms with Crippen LogP contribution in [0.15, 0.2) is 76.8 Å². The van der Waals surface area contributed by atoms with Gasteiger partial charge in [0.2, 0.25) is 11.6 Å². The van der Waals surface area contributed by atoms with Crippen LogP contribution in [0.3, 0.4) is 0 Å². The summed E-state index contributed by atoms with van der Waals surface area (Å²) in [4.78, 5) is 60.4.